The Hall–Kier alpha value is -0.620. The molecule has 0 rings (SSSR count). The second kappa shape index (κ2) is 6.85. The van der Waals surface area contributed by atoms with E-state index in [-0.39, 0.29) is 5.75 Å². The van der Waals surface area contributed by atoms with Gasteiger partial charge >= 0.3 is 5.97 Å². The Morgan fingerprint density at radius 2 is 1.81 bits per heavy atom. The molecule has 96 valence electrons. The first-order valence-electron chi connectivity index (χ1n) is 5.13. The van der Waals surface area contributed by atoms with Crippen LogP contribution < -0.4 is 0 Å². The highest BCUT2D eigenvalue weighted by Gasteiger charge is 2.26. The van der Waals surface area contributed by atoms with Crippen LogP contribution in [0.3, 0.4) is 0 Å². The van der Waals surface area contributed by atoms with E-state index in [1.54, 1.807) is 13.8 Å². The van der Waals surface area contributed by atoms with Gasteiger partial charge in [-0.3, -0.25) is 4.79 Å². The lowest BCUT2D eigenvalue weighted by Gasteiger charge is -2.15. The summed E-state index contributed by atoms with van der Waals surface area (Å²) < 4.78 is 32.9. The predicted molar refractivity (Wildman–Crippen MR) is 60.9 cm³/mol. The number of rotatable bonds is 7. The maximum Gasteiger partial charge on any atom is 0.309 e. The molecule has 0 aliphatic rings. The highest BCUT2D eigenvalue weighted by atomic mass is 32.2. The van der Waals surface area contributed by atoms with Crippen molar-refractivity contribution in [3.63, 3.8) is 0 Å². The van der Waals surface area contributed by atoms with Gasteiger partial charge in [-0.25, -0.2) is 8.42 Å². The van der Waals surface area contributed by atoms with Crippen molar-refractivity contribution >= 4 is 15.8 Å². The fourth-order valence-electron chi connectivity index (χ4n) is 1.25. The molecule has 0 heterocycles. The molecule has 2 atom stereocenters. The van der Waals surface area contributed by atoms with E-state index >= 15 is 0 Å². The molecular weight excluding hydrogens is 232 g/mol. The third-order valence-electron chi connectivity index (χ3n) is 2.43. The van der Waals surface area contributed by atoms with Gasteiger partial charge in [-0.15, -0.1) is 0 Å². The molecule has 0 fully saturated rings. The molecule has 0 spiro atoms. The number of hydrogen-bond acceptors (Lipinski definition) is 5. The third-order valence-corrected chi connectivity index (χ3v) is 4.85. The summed E-state index contributed by atoms with van der Waals surface area (Å²) in [6.07, 6.45) is 0.437. The highest BCUT2D eigenvalue weighted by Crippen LogP contribution is 2.12. The van der Waals surface area contributed by atoms with Crippen LogP contribution in [0.25, 0.3) is 0 Å². The summed E-state index contributed by atoms with van der Waals surface area (Å²) in [7, 11) is -0.494. The SMILES string of the molecule is COCCC(C)S(=O)(=O)CC(C)C(=O)OC. The van der Waals surface area contributed by atoms with Crippen LogP contribution in [0.5, 0.6) is 0 Å². The number of carbonyl (C=O) groups is 1. The van der Waals surface area contributed by atoms with Gasteiger partial charge < -0.3 is 9.47 Å². The Morgan fingerprint density at radius 1 is 1.25 bits per heavy atom. The van der Waals surface area contributed by atoms with Crippen molar-refractivity contribution in [1.82, 2.24) is 0 Å². The van der Waals surface area contributed by atoms with E-state index in [1.165, 1.54) is 14.2 Å². The number of carbonyl (C=O) groups excluding carboxylic acids is 1. The molecule has 16 heavy (non-hydrogen) atoms. The molecule has 0 aliphatic carbocycles. The van der Waals surface area contributed by atoms with E-state index in [2.05, 4.69) is 4.74 Å². The maximum absolute atomic E-state index is 11.8. The van der Waals surface area contributed by atoms with Crippen LogP contribution in [0, 0.1) is 5.92 Å². The summed E-state index contributed by atoms with van der Waals surface area (Å²) >= 11 is 0. The molecule has 0 aromatic rings. The zero-order valence-electron chi connectivity index (χ0n) is 10.2. The summed E-state index contributed by atoms with van der Waals surface area (Å²) in [5.74, 6) is -1.30. The first-order valence-corrected chi connectivity index (χ1v) is 6.85. The summed E-state index contributed by atoms with van der Waals surface area (Å²) in [4.78, 5) is 11.1. The van der Waals surface area contributed by atoms with E-state index in [0.717, 1.165) is 0 Å². The molecule has 0 aromatic heterocycles. The van der Waals surface area contributed by atoms with Gasteiger partial charge in [0.05, 0.1) is 24.0 Å². The topological polar surface area (TPSA) is 69.7 Å². The molecule has 0 N–H and O–H groups in total. The number of hydrogen-bond donors (Lipinski definition) is 0. The predicted octanol–water partition coefficient (Wildman–Crippen LogP) is 0.635. The quantitative estimate of drug-likeness (QED) is 0.622. The second-order valence-electron chi connectivity index (χ2n) is 3.85. The molecule has 0 saturated carbocycles. The maximum atomic E-state index is 11.8. The van der Waals surface area contributed by atoms with Crippen molar-refractivity contribution in [3.8, 4) is 0 Å². The van der Waals surface area contributed by atoms with Crippen molar-refractivity contribution in [3.05, 3.63) is 0 Å². The normalized spacial score (nSPS) is 15.5. The Bertz CT molecular complexity index is 309. The van der Waals surface area contributed by atoms with Gasteiger partial charge in [0, 0.05) is 13.7 Å². The minimum atomic E-state index is -3.27. The Balaban J connectivity index is 4.39. The minimum absolute atomic E-state index is 0.176. The molecule has 0 aromatic carbocycles. The monoisotopic (exact) mass is 252 g/mol. The lowest BCUT2D eigenvalue weighted by Crippen LogP contribution is -2.29. The van der Waals surface area contributed by atoms with E-state index in [0.29, 0.717) is 13.0 Å². The van der Waals surface area contributed by atoms with Crippen molar-refractivity contribution in [1.29, 1.82) is 0 Å². The molecule has 5 nitrogen and oxygen atoms in total. The Labute approximate surface area is 97.0 Å². The van der Waals surface area contributed by atoms with Gasteiger partial charge in [0.2, 0.25) is 0 Å². The van der Waals surface area contributed by atoms with Crippen LogP contribution in [0.1, 0.15) is 20.3 Å². The van der Waals surface area contributed by atoms with Crippen molar-refractivity contribution in [2.45, 2.75) is 25.5 Å². The van der Waals surface area contributed by atoms with Gasteiger partial charge in [0.15, 0.2) is 9.84 Å². The summed E-state index contributed by atoms with van der Waals surface area (Å²) in [6, 6.07) is 0. The number of ether oxygens (including phenoxy) is 2. The number of esters is 1. The fraction of sp³-hybridized carbons (Fsp3) is 0.900. The van der Waals surface area contributed by atoms with E-state index in [4.69, 9.17) is 4.74 Å². The first kappa shape index (κ1) is 15.4. The molecule has 0 bridgehead atoms. The van der Waals surface area contributed by atoms with Gasteiger partial charge in [-0.1, -0.05) is 6.92 Å². The van der Waals surface area contributed by atoms with Crippen molar-refractivity contribution in [2.75, 3.05) is 26.6 Å². The number of methoxy groups -OCH3 is 2. The van der Waals surface area contributed by atoms with Crippen molar-refractivity contribution in [2.24, 2.45) is 5.92 Å². The summed E-state index contributed by atoms with van der Waals surface area (Å²) in [6.45, 7) is 3.57. The number of sulfone groups is 1. The standard InChI is InChI=1S/C10H20O5S/c1-8(10(11)15-4)7-16(12,13)9(2)5-6-14-3/h8-9H,5-7H2,1-4H3. The summed E-state index contributed by atoms with van der Waals surface area (Å²) in [5, 5.41) is -0.500. The van der Waals surface area contributed by atoms with Crippen LogP contribution in [0.4, 0.5) is 0 Å². The minimum Gasteiger partial charge on any atom is -0.469 e. The van der Waals surface area contributed by atoms with Crippen molar-refractivity contribution < 1.29 is 22.7 Å². The average molecular weight is 252 g/mol. The van der Waals surface area contributed by atoms with Crippen LogP contribution in [0.2, 0.25) is 0 Å². The molecule has 6 heteroatoms. The lowest BCUT2D eigenvalue weighted by atomic mass is 10.2. The van der Waals surface area contributed by atoms with Crippen LogP contribution in [0.15, 0.2) is 0 Å². The molecular formula is C10H20O5S. The van der Waals surface area contributed by atoms with Gasteiger partial charge in [0.1, 0.15) is 0 Å². The zero-order valence-corrected chi connectivity index (χ0v) is 11.0. The molecule has 2 unspecified atom stereocenters. The van der Waals surface area contributed by atoms with Gasteiger partial charge in [-0.2, -0.15) is 0 Å². The Kier molecular flexibility index (Phi) is 6.59. The average Bonchev–Trinajstić information content (AvgIpc) is 2.23. The first-order chi connectivity index (χ1) is 7.35. The van der Waals surface area contributed by atoms with Gasteiger partial charge in [-0.05, 0) is 13.3 Å². The molecule has 0 amide bonds. The molecule has 0 aliphatic heterocycles. The zero-order chi connectivity index (χ0) is 12.8. The molecule has 0 radical (unpaired) electrons. The van der Waals surface area contributed by atoms with E-state index < -0.39 is 27.0 Å². The summed E-state index contributed by atoms with van der Waals surface area (Å²) in [5.41, 5.74) is 0. The smallest absolute Gasteiger partial charge is 0.309 e. The Morgan fingerprint density at radius 3 is 2.25 bits per heavy atom. The second-order valence-corrected chi connectivity index (χ2v) is 6.31. The lowest BCUT2D eigenvalue weighted by molar-refractivity contribution is -0.144. The third kappa shape index (κ3) is 4.94. The fourth-order valence-corrected chi connectivity index (χ4v) is 2.86. The highest BCUT2D eigenvalue weighted by molar-refractivity contribution is 7.92. The van der Waals surface area contributed by atoms with E-state index in [9.17, 15) is 13.2 Å². The largest absolute Gasteiger partial charge is 0.469 e. The van der Waals surface area contributed by atoms with Crippen LogP contribution in [-0.4, -0.2) is 46.2 Å². The van der Waals surface area contributed by atoms with Crippen LogP contribution in [-0.2, 0) is 24.1 Å². The van der Waals surface area contributed by atoms with Crippen LogP contribution >= 0.6 is 0 Å². The van der Waals surface area contributed by atoms with Gasteiger partial charge in [0.25, 0.3) is 0 Å². The molecule has 0 saturated heterocycles. The van der Waals surface area contributed by atoms with E-state index in [1.807, 2.05) is 0 Å².